The number of hydrogen-bond donors (Lipinski definition) is 3. The number of anilines is 1. The van der Waals surface area contributed by atoms with Gasteiger partial charge in [0.05, 0.1) is 6.54 Å². The molecule has 0 unspecified atom stereocenters. The molecule has 1 aliphatic rings. The Bertz CT molecular complexity index is 666. The van der Waals surface area contributed by atoms with Crippen LogP contribution in [0.4, 0.5) is 5.82 Å². The topological polar surface area (TPSA) is 98.7 Å². The molecule has 154 valence electrons. The first-order valence-corrected chi connectivity index (χ1v) is 9.98. The van der Waals surface area contributed by atoms with E-state index in [1.54, 1.807) is 19.3 Å². The van der Waals surface area contributed by atoms with E-state index in [1.807, 2.05) is 19.9 Å². The standard InChI is InChI=1S/C20H32N6O2/c1-4-22-20(26-11-8-16(9-12-26)13-19(28)21-3)23-10-7-18(27)25-17-6-5-15(2)14-24-17/h5-6,14,16H,4,7-13H2,1-3H3,(H,21,28)(H,22,23)(H,24,25,27). The van der Waals surface area contributed by atoms with E-state index in [-0.39, 0.29) is 11.8 Å². The number of aliphatic imine (C=N–C) groups is 1. The fourth-order valence-electron chi connectivity index (χ4n) is 3.15. The molecule has 0 radical (unpaired) electrons. The van der Waals surface area contributed by atoms with Crippen LogP contribution >= 0.6 is 0 Å². The molecule has 2 rings (SSSR count). The van der Waals surface area contributed by atoms with Crippen molar-refractivity contribution in [1.82, 2.24) is 20.5 Å². The van der Waals surface area contributed by atoms with E-state index in [9.17, 15) is 9.59 Å². The molecule has 2 amide bonds. The second-order valence-corrected chi connectivity index (χ2v) is 7.06. The van der Waals surface area contributed by atoms with Crippen LogP contribution in [0.1, 0.15) is 38.2 Å². The summed E-state index contributed by atoms with van der Waals surface area (Å²) in [4.78, 5) is 34.6. The van der Waals surface area contributed by atoms with Crippen molar-refractivity contribution in [3.05, 3.63) is 23.9 Å². The van der Waals surface area contributed by atoms with Crippen molar-refractivity contribution in [3.8, 4) is 0 Å². The molecule has 28 heavy (non-hydrogen) atoms. The van der Waals surface area contributed by atoms with E-state index in [0.29, 0.717) is 31.1 Å². The number of hydrogen-bond acceptors (Lipinski definition) is 4. The molecule has 3 N–H and O–H groups in total. The number of likely N-dealkylation sites (tertiary alicyclic amines) is 1. The highest BCUT2D eigenvalue weighted by atomic mass is 16.2. The van der Waals surface area contributed by atoms with Crippen LogP contribution in [0.25, 0.3) is 0 Å². The molecular formula is C20H32N6O2. The van der Waals surface area contributed by atoms with Crippen LogP contribution in [0, 0.1) is 12.8 Å². The second-order valence-electron chi connectivity index (χ2n) is 7.06. The first-order chi connectivity index (χ1) is 13.5. The Hall–Kier alpha value is -2.64. The average Bonchev–Trinajstić information content (AvgIpc) is 2.69. The van der Waals surface area contributed by atoms with Crippen LogP contribution in [-0.2, 0) is 9.59 Å². The Kier molecular flexibility index (Phi) is 8.71. The van der Waals surface area contributed by atoms with Crippen LogP contribution in [0.3, 0.4) is 0 Å². The molecule has 0 aliphatic carbocycles. The lowest BCUT2D eigenvalue weighted by Gasteiger charge is -2.34. The van der Waals surface area contributed by atoms with Gasteiger partial charge in [-0.15, -0.1) is 0 Å². The van der Waals surface area contributed by atoms with Crippen molar-refractivity contribution in [2.75, 3.05) is 38.5 Å². The predicted octanol–water partition coefficient (Wildman–Crippen LogP) is 1.53. The van der Waals surface area contributed by atoms with E-state index < -0.39 is 0 Å². The van der Waals surface area contributed by atoms with Crippen LogP contribution in [0.2, 0.25) is 0 Å². The average molecular weight is 389 g/mol. The lowest BCUT2D eigenvalue weighted by molar-refractivity contribution is -0.121. The van der Waals surface area contributed by atoms with Gasteiger partial charge < -0.3 is 20.9 Å². The molecule has 2 heterocycles. The minimum Gasteiger partial charge on any atom is -0.359 e. The summed E-state index contributed by atoms with van der Waals surface area (Å²) in [5.41, 5.74) is 1.05. The number of guanidine groups is 1. The first-order valence-electron chi connectivity index (χ1n) is 9.98. The summed E-state index contributed by atoms with van der Waals surface area (Å²) < 4.78 is 0. The number of carbonyl (C=O) groups is 2. The molecular weight excluding hydrogens is 356 g/mol. The monoisotopic (exact) mass is 388 g/mol. The number of carbonyl (C=O) groups excluding carboxylic acids is 2. The van der Waals surface area contributed by atoms with Gasteiger partial charge >= 0.3 is 0 Å². The molecule has 1 aromatic heterocycles. The maximum atomic E-state index is 12.1. The zero-order valence-electron chi connectivity index (χ0n) is 17.1. The van der Waals surface area contributed by atoms with E-state index in [0.717, 1.165) is 44.0 Å². The molecule has 8 heteroatoms. The third kappa shape index (κ3) is 7.17. The highest BCUT2D eigenvalue weighted by Crippen LogP contribution is 2.20. The van der Waals surface area contributed by atoms with Crippen molar-refractivity contribution in [3.63, 3.8) is 0 Å². The zero-order valence-corrected chi connectivity index (χ0v) is 17.1. The van der Waals surface area contributed by atoms with Gasteiger partial charge in [-0.25, -0.2) is 4.98 Å². The van der Waals surface area contributed by atoms with Gasteiger partial charge in [-0.2, -0.15) is 0 Å². The number of amides is 2. The van der Waals surface area contributed by atoms with Gasteiger partial charge in [-0.1, -0.05) is 6.07 Å². The molecule has 0 aromatic carbocycles. The van der Waals surface area contributed by atoms with Crippen molar-refractivity contribution in [2.24, 2.45) is 10.9 Å². The normalized spacial score (nSPS) is 15.2. The summed E-state index contributed by atoms with van der Waals surface area (Å²) in [5, 5.41) is 8.79. The Morgan fingerprint density at radius 2 is 2.00 bits per heavy atom. The van der Waals surface area contributed by atoms with Crippen molar-refractivity contribution < 1.29 is 9.59 Å². The summed E-state index contributed by atoms with van der Waals surface area (Å²) in [5.74, 6) is 1.83. The number of piperidine rings is 1. The highest BCUT2D eigenvalue weighted by molar-refractivity contribution is 5.90. The van der Waals surface area contributed by atoms with Crippen LogP contribution in [0.5, 0.6) is 0 Å². The van der Waals surface area contributed by atoms with Crippen LogP contribution < -0.4 is 16.0 Å². The van der Waals surface area contributed by atoms with Crippen molar-refractivity contribution in [2.45, 2.75) is 39.5 Å². The van der Waals surface area contributed by atoms with Gasteiger partial charge in [0, 0.05) is 45.7 Å². The molecule has 1 fully saturated rings. The quantitative estimate of drug-likeness (QED) is 0.486. The van der Waals surface area contributed by atoms with Gasteiger partial charge in [-0.05, 0) is 44.2 Å². The van der Waals surface area contributed by atoms with Crippen LogP contribution in [0.15, 0.2) is 23.3 Å². The summed E-state index contributed by atoms with van der Waals surface area (Å²) >= 11 is 0. The number of pyridine rings is 1. The van der Waals surface area contributed by atoms with E-state index >= 15 is 0 Å². The molecule has 0 bridgehead atoms. The molecule has 1 saturated heterocycles. The maximum absolute atomic E-state index is 12.1. The molecule has 8 nitrogen and oxygen atoms in total. The van der Waals surface area contributed by atoms with E-state index in [1.165, 1.54) is 0 Å². The van der Waals surface area contributed by atoms with E-state index in [2.05, 4.69) is 30.8 Å². The molecule has 1 aromatic rings. The summed E-state index contributed by atoms with van der Waals surface area (Å²) in [7, 11) is 1.68. The number of nitrogens with one attached hydrogen (secondary N) is 3. The van der Waals surface area contributed by atoms with Crippen LogP contribution in [-0.4, -0.2) is 60.9 Å². The number of aromatic nitrogens is 1. The van der Waals surface area contributed by atoms with Crippen molar-refractivity contribution in [1.29, 1.82) is 0 Å². The Morgan fingerprint density at radius 1 is 1.25 bits per heavy atom. The van der Waals surface area contributed by atoms with E-state index in [4.69, 9.17) is 0 Å². The number of nitrogens with zero attached hydrogens (tertiary/aromatic N) is 3. The molecule has 0 spiro atoms. The maximum Gasteiger partial charge on any atom is 0.227 e. The lowest BCUT2D eigenvalue weighted by Crippen LogP contribution is -2.46. The summed E-state index contributed by atoms with van der Waals surface area (Å²) in [6, 6.07) is 3.71. The summed E-state index contributed by atoms with van der Waals surface area (Å²) in [6.45, 7) is 6.91. The van der Waals surface area contributed by atoms with Gasteiger partial charge in [0.15, 0.2) is 5.96 Å². The highest BCUT2D eigenvalue weighted by Gasteiger charge is 2.23. The SMILES string of the molecule is CCNC(=NCCC(=O)Nc1ccc(C)cn1)N1CCC(CC(=O)NC)CC1. The van der Waals surface area contributed by atoms with Gasteiger partial charge in [0.25, 0.3) is 0 Å². The number of aryl methyl sites for hydroxylation is 1. The fourth-order valence-corrected chi connectivity index (χ4v) is 3.15. The zero-order chi connectivity index (χ0) is 20.4. The lowest BCUT2D eigenvalue weighted by atomic mass is 9.93. The van der Waals surface area contributed by atoms with Crippen molar-refractivity contribution >= 4 is 23.6 Å². The third-order valence-corrected chi connectivity index (χ3v) is 4.78. The second kappa shape index (κ2) is 11.3. The summed E-state index contributed by atoms with van der Waals surface area (Å²) in [6.07, 6.45) is 4.56. The fraction of sp³-hybridized carbons (Fsp3) is 0.600. The first kappa shape index (κ1) is 21.7. The van der Waals surface area contributed by atoms with Gasteiger partial charge in [-0.3, -0.25) is 14.6 Å². The number of rotatable bonds is 7. The molecule has 0 atom stereocenters. The minimum absolute atomic E-state index is 0.0970. The molecule has 0 saturated carbocycles. The largest absolute Gasteiger partial charge is 0.359 e. The third-order valence-electron chi connectivity index (χ3n) is 4.78. The Labute approximate surface area is 167 Å². The Morgan fingerprint density at radius 3 is 2.61 bits per heavy atom. The minimum atomic E-state index is -0.0970. The van der Waals surface area contributed by atoms with Gasteiger partial charge in [0.2, 0.25) is 11.8 Å². The Balaban J connectivity index is 1.81. The smallest absolute Gasteiger partial charge is 0.227 e. The predicted molar refractivity (Wildman–Crippen MR) is 111 cm³/mol. The molecule has 1 aliphatic heterocycles. The van der Waals surface area contributed by atoms with Gasteiger partial charge in [0.1, 0.15) is 5.82 Å².